The number of nitrogens with two attached hydrogens (primary N) is 1. The zero-order chi connectivity index (χ0) is 11.5. The van der Waals surface area contributed by atoms with Crippen LogP contribution in [0.5, 0.6) is 0 Å². The fourth-order valence-electron chi connectivity index (χ4n) is 3.24. The smallest absolute Gasteiger partial charge is 0.00964 e. The molecule has 2 rings (SSSR count). The Morgan fingerprint density at radius 3 is 2.44 bits per heavy atom. The molecule has 0 bridgehead atoms. The van der Waals surface area contributed by atoms with E-state index in [1.807, 2.05) is 0 Å². The molecular weight excluding hydrogens is 196 g/mol. The fraction of sp³-hybridized carbons (Fsp3) is 1.00. The maximum Gasteiger partial charge on any atom is 0.00964 e. The molecule has 0 spiro atoms. The summed E-state index contributed by atoms with van der Waals surface area (Å²) in [6.45, 7) is 7.10. The lowest BCUT2D eigenvalue weighted by Crippen LogP contribution is -2.43. The Balaban J connectivity index is 1.85. The van der Waals surface area contributed by atoms with Gasteiger partial charge in [-0.15, -0.1) is 0 Å². The van der Waals surface area contributed by atoms with Crippen molar-refractivity contribution in [2.24, 2.45) is 17.6 Å². The third-order valence-electron chi connectivity index (χ3n) is 4.67. The Morgan fingerprint density at radius 1 is 1.12 bits per heavy atom. The molecule has 2 fully saturated rings. The van der Waals surface area contributed by atoms with Crippen LogP contribution in [0.2, 0.25) is 0 Å². The Hall–Kier alpha value is -0.0800. The number of hydrogen-bond acceptors (Lipinski definition) is 2. The molecule has 3 atom stereocenters. The van der Waals surface area contributed by atoms with Crippen LogP contribution in [0.15, 0.2) is 0 Å². The summed E-state index contributed by atoms with van der Waals surface area (Å²) in [5.41, 5.74) is 6.29. The van der Waals surface area contributed by atoms with Crippen molar-refractivity contribution in [3.8, 4) is 0 Å². The number of rotatable bonds is 5. The summed E-state index contributed by atoms with van der Waals surface area (Å²) >= 11 is 0. The summed E-state index contributed by atoms with van der Waals surface area (Å²) < 4.78 is 0. The van der Waals surface area contributed by atoms with Gasteiger partial charge in [-0.05, 0) is 50.5 Å². The maximum absolute atomic E-state index is 6.29. The molecule has 94 valence electrons. The maximum atomic E-state index is 6.29. The van der Waals surface area contributed by atoms with Crippen molar-refractivity contribution >= 4 is 0 Å². The molecule has 2 saturated carbocycles. The highest BCUT2D eigenvalue weighted by atomic mass is 15.2. The van der Waals surface area contributed by atoms with Gasteiger partial charge in [-0.1, -0.05) is 20.3 Å². The Bertz CT molecular complexity index is 213. The Kier molecular flexibility index (Phi) is 4.26. The minimum Gasteiger partial charge on any atom is -0.327 e. The van der Waals surface area contributed by atoms with Crippen LogP contribution in [0.25, 0.3) is 0 Å². The highest BCUT2D eigenvalue weighted by Crippen LogP contribution is 2.33. The van der Waals surface area contributed by atoms with Crippen LogP contribution in [0, 0.1) is 11.8 Å². The van der Waals surface area contributed by atoms with Crippen LogP contribution in [0.3, 0.4) is 0 Å². The lowest BCUT2D eigenvalue weighted by atomic mass is 9.77. The molecule has 3 unspecified atom stereocenters. The molecule has 0 aliphatic heterocycles. The molecule has 2 N–H and O–H groups in total. The van der Waals surface area contributed by atoms with Gasteiger partial charge in [0, 0.05) is 18.6 Å². The Labute approximate surface area is 101 Å². The van der Waals surface area contributed by atoms with Crippen LogP contribution < -0.4 is 5.73 Å². The molecule has 2 heteroatoms. The highest BCUT2D eigenvalue weighted by Gasteiger charge is 2.33. The predicted molar refractivity (Wildman–Crippen MR) is 69.4 cm³/mol. The minimum atomic E-state index is 0.468. The summed E-state index contributed by atoms with van der Waals surface area (Å²) in [5, 5.41) is 0. The van der Waals surface area contributed by atoms with Crippen molar-refractivity contribution in [3.05, 3.63) is 0 Å². The van der Waals surface area contributed by atoms with Gasteiger partial charge < -0.3 is 10.6 Å². The van der Waals surface area contributed by atoms with Gasteiger partial charge in [0.05, 0.1) is 0 Å². The van der Waals surface area contributed by atoms with Gasteiger partial charge in [0.15, 0.2) is 0 Å². The molecule has 2 aliphatic carbocycles. The van der Waals surface area contributed by atoms with Gasteiger partial charge in [-0.3, -0.25) is 0 Å². The van der Waals surface area contributed by atoms with E-state index in [2.05, 4.69) is 18.7 Å². The lowest BCUT2D eigenvalue weighted by molar-refractivity contribution is 0.153. The van der Waals surface area contributed by atoms with E-state index >= 15 is 0 Å². The Morgan fingerprint density at radius 2 is 1.88 bits per heavy atom. The molecule has 2 nitrogen and oxygen atoms in total. The van der Waals surface area contributed by atoms with E-state index in [1.54, 1.807) is 0 Å². The molecule has 0 aromatic rings. The van der Waals surface area contributed by atoms with Crippen LogP contribution >= 0.6 is 0 Å². The van der Waals surface area contributed by atoms with Crippen molar-refractivity contribution in [2.45, 2.75) is 64.5 Å². The van der Waals surface area contributed by atoms with Gasteiger partial charge in [-0.25, -0.2) is 0 Å². The van der Waals surface area contributed by atoms with Crippen LogP contribution in [0.1, 0.15) is 52.4 Å². The van der Waals surface area contributed by atoms with Gasteiger partial charge in [0.1, 0.15) is 0 Å². The lowest BCUT2D eigenvalue weighted by Gasteiger charge is -2.37. The summed E-state index contributed by atoms with van der Waals surface area (Å²) in [4.78, 5) is 2.67. The third kappa shape index (κ3) is 2.98. The predicted octanol–water partition coefficient (Wildman–Crippen LogP) is 2.62. The zero-order valence-corrected chi connectivity index (χ0v) is 11.0. The first-order valence-corrected chi connectivity index (χ1v) is 7.24. The molecule has 0 aromatic heterocycles. The summed E-state index contributed by atoms with van der Waals surface area (Å²) in [5.74, 6) is 1.71. The minimum absolute atomic E-state index is 0.468. The highest BCUT2D eigenvalue weighted by molar-refractivity contribution is 4.89. The first-order chi connectivity index (χ1) is 7.74. The van der Waals surface area contributed by atoms with Crippen molar-refractivity contribution in [2.75, 3.05) is 13.1 Å². The van der Waals surface area contributed by atoms with Crippen molar-refractivity contribution in [1.82, 2.24) is 4.90 Å². The average molecular weight is 224 g/mol. The zero-order valence-electron chi connectivity index (χ0n) is 11.0. The van der Waals surface area contributed by atoms with Crippen LogP contribution in [-0.2, 0) is 0 Å². The quantitative estimate of drug-likeness (QED) is 0.778. The normalized spacial score (nSPS) is 35.6. The summed E-state index contributed by atoms with van der Waals surface area (Å²) in [6.07, 6.45) is 8.19. The molecule has 2 aliphatic rings. The number of nitrogens with zero attached hydrogens (tertiary/aromatic N) is 1. The van der Waals surface area contributed by atoms with Gasteiger partial charge in [-0.2, -0.15) is 0 Å². The SMILES string of the molecule is CCC1CCC(N)C(CN(CC)C2CC2)C1. The van der Waals surface area contributed by atoms with E-state index in [4.69, 9.17) is 5.73 Å². The molecular formula is C14H28N2. The van der Waals surface area contributed by atoms with Crippen molar-refractivity contribution in [3.63, 3.8) is 0 Å². The second kappa shape index (κ2) is 5.50. The van der Waals surface area contributed by atoms with Crippen molar-refractivity contribution < 1.29 is 0 Å². The fourth-order valence-corrected chi connectivity index (χ4v) is 3.24. The first kappa shape index (κ1) is 12.4. The molecule has 0 aromatic carbocycles. The van der Waals surface area contributed by atoms with E-state index in [1.165, 1.54) is 51.6 Å². The first-order valence-electron chi connectivity index (χ1n) is 7.24. The third-order valence-corrected chi connectivity index (χ3v) is 4.67. The van der Waals surface area contributed by atoms with E-state index < -0.39 is 0 Å². The topological polar surface area (TPSA) is 29.3 Å². The molecule has 0 saturated heterocycles. The van der Waals surface area contributed by atoms with E-state index in [9.17, 15) is 0 Å². The number of hydrogen-bond donors (Lipinski definition) is 1. The van der Waals surface area contributed by atoms with Gasteiger partial charge >= 0.3 is 0 Å². The summed E-state index contributed by atoms with van der Waals surface area (Å²) in [6, 6.07) is 1.37. The summed E-state index contributed by atoms with van der Waals surface area (Å²) in [7, 11) is 0. The molecule has 0 radical (unpaired) electrons. The van der Waals surface area contributed by atoms with Gasteiger partial charge in [0.2, 0.25) is 0 Å². The van der Waals surface area contributed by atoms with Crippen LogP contribution in [0.4, 0.5) is 0 Å². The monoisotopic (exact) mass is 224 g/mol. The van der Waals surface area contributed by atoms with Gasteiger partial charge in [0.25, 0.3) is 0 Å². The second-order valence-corrected chi connectivity index (χ2v) is 5.83. The van der Waals surface area contributed by atoms with Crippen LogP contribution in [-0.4, -0.2) is 30.1 Å². The van der Waals surface area contributed by atoms with E-state index in [0.717, 1.165) is 17.9 Å². The van der Waals surface area contributed by atoms with Crippen molar-refractivity contribution in [1.29, 1.82) is 0 Å². The molecule has 0 amide bonds. The molecule has 0 heterocycles. The largest absolute Gasteiger partial charge is 0.327 e. The van der Waals surface area contributed by atoms with E-state index in [0.29, 0.717) is 6.04 Å². The average Bonchev–Trinajstić information content (AvgIpc) is 3.12. The van der Waals surface area contributed by atoms with E-state index in [-0.39, 0.29) is 0 Å². The molecule has 16 heavy (non-hydrogen) atoms. The second-order valence-electron chi connectivity index (χ2n) is 5.83. The standard InChI is InChI=1S/C14H28N2/c1-3-11-5-8-14(15)12(9-11)10-16(4-2)13-6-7-13/h11-14H,3-10,15H2,1-2H3.